The minimum Gasteiger partial charge on any atom is -0.379 e. The van der Waals surface area contributed by atoms with E-state index < -0.39 is 0 Å². The summed E-state index contributed by atoms with van der Waals surface area (Å²) in [7, 11) is 0. The molecule has 1 unspecified atom stereocenters. The molecule has 1 aliphatic rings. The molecule has 0 aromatic heterocycles. The van der Waals surface area contributed by atoms with Crippen LogP contribution in [0.3, 0.4) is 0 Å². The van der Waals surface area contributed by atoms with Crippen LogP contribution in [0.2, 0.25) is 0 Å². The molecule has 1 aromatic carbocycles. The maximum atomic E-state index is 13.6. The van der Waals surface area contributed by atoms with Crippen LogP contribution >= 0.6 is 0 Å². The Morgan fingerprint density at radius 1 is 1.40 bits per heavy atom. The molecule has 0 saturated carbocycles. The van der Waals surface area contributed by atoms with Crippen LogP contribution in [0.4, 0.5) is 4.39 Å². The van der Waals surface area contributed by atoms with E-state index in [2.05, 4.69) is 15.6 Å². The number of nitrogens with one attached hydrogen (secondary N) is 2. The Balaban J connectivity index is 1.67. The highest BCUT2D eigenvalue weighted by Gasteiger charge is 2.14. The third-order valence-corrected chi connectivity index (χ3v) is 4.09. The molecule has 1 fully saturated rings. The molecular weight excluding hydrogens is 321 g/mol. The minimum absolute atomic E-state index is 0.186. The Morgan fingerprint density at radius 2 is 2.28 bits per heavy atom. The smallest absolute Gasteiger partial charge is 0.191 e. The van der Waals surface area contributed by atoms with Crippen LogP contribution in [0, 0.1) is 12.7 Å². The van der Waals surface area contributed by atoms with E-state index in [1.54, 1.807) is 19.1 Å². The van der Waals surface area contributed by atoms with E-state index in [1.165, 1.54) is 0 Å². The first-order valence-corrected chi connectivity index (χ1v) is 9.15. The Morgan fingerprint density at radius 3 is 3.00 bits per heavy atom. The van der Waals surface area contributed by atoms with E-state index >= 15 is 0 Å². The monoisotopic (exact) mass is 351 g/mol. The first kappa shape index (κ1) is 19.7. The van der Waals surface area contributed by atoms with Gasteiger partial charge in [0.1, 0.15) is 5.82 Å². The van der Waals surface area contributed by atoms with Crippen LogP contribution in [0.15, 0.2) is 23.2 Å². The summed E-state index contributed by atoms with van der Waals surface area (Å²) in [6.45, 7) is 8.04. The van der Waals surface area contributed by atoms with E-state index in [0.29, 0.717) is 25.3 Å². The molecule has 0 radical (unpaired) electrons. The fraction of sp³-hybridized carbons (Fsp3) is 0.632. The van der Waals surface area contributed by atoms with Gasteiger partial charge in [0.2, 0.25) is 0 Å². The quantitative estimate of drug-likeness (QED) is 0.408. The van der Waals surface area contributed by atoms with Crippen LogP contribution in [0.1, 0.15) is 37.3 Å². The number of nitrogens with zero attached hydrogens (tertiary/aromatic N) is 1. The molecular formula is C19H30FN3O2. The summed E-state index contributed by atoms with van der Waals surface area (Å²) < 4.78 is 24.8. The molecule has 6 heteroatoms. The number of halogens is 1. The molecule has 0 bridgehead atoms. The first-order chi connectivity index (χ1) is 12.2. The van der Waals surface area contributed by atoms with Crippen molar-refractivity contribution in [1.82, 2.24) is 10.6 Å². The van der Waals surface area contributed by atoms with Crippen molar-refractivity contribution in [2.45, 2.75) is 45.8 Å². The van der Waals surface area contributed by atoms with Crippen LogP contribution < -0.4 is 10.6 Å². The topological polar surface area (TPSA) is 54.9 Å². The van der Waals surface area contributed by atoms with E-state index in [0.717, 1.165) is 50.5 Å². The van der Waals surface area contributed by atoms with Gasteiger partial charge in [-0.3, -0.25) is 0 Å². The van der Waals surface area contributed by atoms with Gasteiger partial charge >= 0.3 is 0 Å². The Hall–Kier alpha value is -1.66. The highest BCUT2D eigenvalue weighted by Crippen LogP contribution is 2.12. The van der Waals surface area contributed by atoms with Crippen molar-refractivity contribution in [2.24, 2.45) is 4.99 Å². The van der Waals surface area contributed by atoms with E-state index in [9.17, 15) is 4.39 Å². The molecule has 1 saturated heterocycles. The standard InChI is InChI=1S/C19H30FN3O2/c1-3-21-19(23-13-16-8-7-15(2)18(20)12-16)22-9-5-10-24-14-17-6-4-11-25-17/h7-8,12,17H,3-6,9-11,13-14H2,1-2H3,(H2,21,22,23). The van der Waals surface area contributed by atoms with Crippen molar-refractivity contribution in [3.63, 3.8) is 0 Å². The lowest BCUT2D eigenvalue weighted by Gasteiger charge is -2.12. The Kier molecular flexibility index (Phi) is 8.69. The van der Waals surface area contributed by atoms with E-state index in [4.69, 9.17) is 9.47 Å². The molecule has 2 N–H and O–H groups in total. The molecule has 0 aliphatic carbocycles. The van der Waals surface area contributed by atoms with Gasteiger partial charge in [0, 0.05) is 26.3 Å². The van der Waals surface area contributed by atoms with Gasteiger partial charge in [0.05, 0.1) is 19.3 Å². The van der Waals surface area contributed by atoms with Crippen molar-refractivity contribution in [3.05, 3.63) is 35.1 Å². The van der Waals surface area contributed by atoms with Gasteiger partial charge in [-0.1, -0.05) is 12.1 Å². The van der Waals surface area contributed by atoms with Crippen molar-refractivity contribution in [2.75, 3.05) is 32.9 Å². The predicted octanol–water partition coefficient (Wildman–Crippen LogP) is 2.77. The number of hydrogen-bond acceptors (Lipinski definition) is 3. The highest BCUT2D eigenvalue weighted by molar-refractivity contribution is 5.79. The predicted molar refractivity (Wildman–Crippen MR) is 98.4 cm³/mol. The summed E-state index contributed by atoms with van der Waals surface area (Å²) in [4.78, 5) is 4.50. The van der Waals surface area contributed by atoms with Crippen molar-refractivity contribution >= 4 is 5.96 Å². The third-order valence-electron chi connectivity index (χ3n) is 4.09. The summed E-state index contributed by atoms with van der Waals surface area (Å²) in [5, 5.41) is 6.48. The van der Waals surface area contributed by atoms with Gasteiger partial charge in [0.15, 0.2) is 5.96 Å². The molecule has 140 valence electrons. The molecule has 2 rings (SSSR count). The fourth-order valence-corrected chi connectivity index (χ4v) is 2.62. The molecule has 0 spiro atoms. The minimum atomic E-state index is -0.186. The van der Waals surface area contributed by atoms with Gasteiger partial charge in [-0.25, -0.2) is 9.38 Å². The maximum absolute atomic E-state index is 13.6. The zero-order valence-electron chi connectivity index (χ0n) is 15.3. The average Bonchev–Trinajstić information content (AvgIpc) is 3.12. The zero-order chi connectivity index (χ0) is 17.9. The molecule has 25 heavy (non-hydrogen) atoms. The van der Waals surface area contributed by atoms with Gasteiger partial charge < -0.3 is 20.1 Å². The number of hydrogen-bond donors (Lipinski definition) is 2. The normalized spacial score (nSPS) is 17.7. The molecule has 0 amide bonds. The van der Waals surface area contributed by atoms with Crippen molar-refractivity contribution in [1.29, 1.82) is 0 Å². The van der Waals surface area contributed by atoms with Crippen molar-refractivity contribution < 1.29 is 13.9 Å². The summed E-state index contributed by atoms with van der Waals surface area (Å²) in [6, 6.07) is 5.23. The number of guanidine groups is 1. The Bertz CT molecular complexity index is 545. The zero-order valence-corrected chi connectivity index (χ0v) is 15.3. The lowest BCUT2D eigenvalue weighted by Crippen LogP contribution is -2.38. The molecule has 1 aromatic rings. The second kappa shape index (κ2) is 11.1. The SMILES string of the molecule is CCNC(=NCc1ccc(C)c(F)c1)NCCCOCC1CCCO1. The van der Waals surface area contributed by atoms with Gasteiger partial charge in [-0.05, 0) is 50.3 Å². The lowest BCUT2D eigenvalue weighted by atomic mass is 10.1. The largest absolute Gasteiger partial charge is 0.379 e. The van der Waals surface area contributed by atoms with Crippen LogP contribution in [0.25, 0.3) is 0 Å². The number of aliphatic imine (C=N–C) groups is 1. The number of rotatable bonds is 9. The number of ether oxygens (including phenoxy) is 2. The average molecular weight is 351 g/mol. The summed E-state index contributed by atoms with van der Waals surface area (Å²) >= 11 is 0. The second-order valence-electron chi connectivity index (χ2n) is 6.27. The van der Waals surface area contributed by atoms with Gasteiger partial charge in [-0.15, -0.1) is 0 Å². The summed E-state index contributed by atoms with van der Waals surface area (Å²) in [6.07, 6.45) is 3.43. The van der Waals surface area contributed by atoms with Gasteiger partial charge in [-0.2, -0.15) is 0 Å². The Labute approximate surface area is 150 Å². The van der Waals surface area contributed by atoms with Crippen LogP contribution in [-0.4, -0.2) is 45.0 Å². The van der Waals surface area contributed by atoms with Gasteiger partial charge in [0.25, 0.3) is 0 Å². The second-order valence-corrected chi connectivity index (χ2v) is 6.27. The van der Waals surface area contributed by atoms with Crippen LogP contribution in [0.5, 0.6) is 0 Å². The van der Waals surface area contributed by atoms with Crippen molar-refractivity contribution in [3.8, 4) is 0 Å². The number of aryl methyl sites for hydroxylation is 1. The summed E-state index contributed by atoms with van der Waals surface area (Å²) in [5.74, 6) is 0.552. The summed E-state index contributed by atoms with van der Waals surface area (Å²) in [5.41, 5.74) is 1.51. The molecule has 5 nitrogen and oxygen atoms in total. The van der Waals surface area contributed by atoms with E-state index in [1.807, 2.05) is 13.0 Å². The maximum Gasteiger partial charge on any atom is 0.191 e. The highest BCUT2D eigenvalue weighted by atomic mass is 19.1. The third kappa shape index (κ3) is 7.40. The van der Waals surface area contributed by atoms with E-state index in [-0.39, 0.29) is 11.9 Å². The molecule has 1 atom stereocenters. The molecule has 1 heterocycles. The molecule has 1 aliphatic heterocycles. The fourth-order valence-electron chi connectivity index (χ4n) is 2.62. The first-order valence-electron chi connectivity index (χ1n) is 9.15. The number of benzene rings is 1. The van der Waals surface area contributed by atoms with Crippen LogP contribution in [-0.2, 0) is 16.0 Å². The lowest BCUT2D eigenvalue weighted by molar-refractivity contribution is 0.0168.